The van der Waals surface area contributed by atoms with E-state index >= 15 is 0 Å². The number of non-ortho nitro benzene ring substituents is 1. The lowest BCUT2D eigenvalue weighted by Gasteiger charge is -2.29. The first-order valence-electron chi connectivity index (χ1n) is 9.32. The van der Waals surface area contributed by atoms with E-state index in [0.717, 1.165) is 4.90 Å². The molecule has 1 fully saturated rings. The van der Waals surface area contributed by atoms with Crippen LogP contribution in [0.2, 0.25) is 0 Å². The third-order valence-corrected chi connectivity index (χ3v) is 5.31. The Balaban J connectivity index is 1.71. The van der Waals surface area contributed by atoms with Crippen molar-refractivity contribution < 1.29 is 29.2 Å². The van der Waals surface area contributed by atoms with Gasteiger partial charge in [0, 0.05) is 36.2 Å². The third kappa shape index (κ3) is 3.45. The van der Waals surface area contributed by atoms with Crippen molar-refractivity contribution in [3.8, 4) is 0 Å². The quantitative estimate of drug-likeness (QED) is 0.434. The minimum atomic E-state index is -1.34. The third-order valence-electron chi connectivity index (χ3n) is 5.31. The van der Waals surface area contributed by atoms with Gasteiger partial charge in [-0.1, -0.05) is 6.07 Å². The fourth-order valence-corrected chi connectivity index (χ4v) is 3.85. The van der Waals surface area contributed by atoms with E-state index in [1.54, 1.807) is 6.07 Å². The number of carbonyl (C=O) groups is 4. The van der Waals surface area contributed by atoms with Crippen LogP contribution >= 0.6 is 0 Å². The van der Waals surface area contributed by atoms with Gasteiger partial charge in [0.05, 0.1) is 16.3 Å². The molecule has 0 saturated carbocycles. The lowest BCUT2D eigenvalue weighted by Crippen LogP contribution is -2.52. The van der Waals surface area contributed by atoms with Crippen LogP contribution in [-0.4, -0.2) is 44.8 Å². The molecule has 4 amide bonds. The van der Waals surface area contributed by atoms with Crippen molar-refractivity contribution in [3.63, 3.8) is 0 Å². The molecule has 11 heteroatoms. The van der Waals surface area contributed by atoms with Crippen molar-refractivity contribution in [1.82, 2.24) is 10.2 Å². The van der Waals surface area contributed by atoms with Crippen LogP contribution in [0.5, 0.6) is 0 Å². The van der Waals surface area contributed by atoms with Gasteiger partial charge >= 0.3 is 6.09 Å². The van der Waals surface area contributed by atoms with Gasteiger partial charge in [-0.3, -0.25) is 29.8 Å². The zero-order chi connectivity index (χ0) is 22.3. The topological polar surface area (TPSA) is 150 Å². The Morgan fingerprint density at radius 3 is 2.48 bits per heavy atom. The van der Waals surface area contributed by atoms with Crippen molar-refractivity contribution in [2.24, 2.45) is 0 Å². The van der Waals surface area contributed by atoms with Crippen molar-refractivity contribution in [1.29, 1.82) is 0 Å². The summed E-state index contributed by atoms with van der Waals surface area (Å²) in [4.78, 5) is 61.2. The molecular weight excluding hydrogens is 408 g/mol. The van der Waals surface area contributed by atoms with Crippen LogP contribution in [0.4, 0.5) is 21.9 Å². The number of nitrogens with zero attached hydrogens (tertiary/aromatic N) is 3. The summed E-state index contributed by atoms with van der Waals surface area (Å²) in [5.41, 5.74) is 0.861. The number of fused-ring (bicyclic) bond motifs is 1. The molecule has 0 spiro atoms. The molecule has 2 aromatic rings. The van der Waals surface area contributed by atoms with Crippen molar-refractivity contribution >= 4 is 40.9 Å². The maximum absolute atomic E-state index is 12.9. The SMILES string of the molecule is O=C1CCC(N2Cc3c(cccc3N(C(=O)O)c3ccc([N+](=O)[O-])cc3)C2=O)C(=O)N1. The highest BCUT2D eigenvalue weighted by molar-refractivity contribution is 6.07. The van der Waals surface area contributed by atoms with Crippen LogP contribution in [0.3, 0.4) is 0 Å². The second-order valence-corrected chi connectivity index (χ2v) is 7.09. The zero-order valence-corrected chi connectivity index (χ0v) is 16.0. The normalized spacial score (nSPS) is 17.9. The molecule has 1 saturated heterocycles. The highest BCUT2D eigenvalue weighted by Gasteiger charge is 2.40. The van der Waals surface area contributed by atoms with Gasteiger partial charge in [0.2, 0.25) is 11.8 Å². The van der Waals surface area contributed by atoms with Gasteiger partial charge < -0.3 is 10.0 Å². The number of hydrogen-bond acceptors (Lipinski definition) is 6. The van der Waals surface area contributed by atoms with Gasteiger partial charge in [-0.25, -0.2) is 9.69 Å². The Labute approximate surface area is 175 Å². The number of piperidine rings is 1. The van der Waals surface area contributed by atoms with Crippen LogP contribution in [0.15, 0.2) is 42.5 Å². The fraction of sp³-hybridized carbons (Fsp3) is 0.200. The molecule has 2 heterocycles. The lowest BCUT2D eigenvalue weighted by molar-refractivity contribution is -0.384. The summed E-state index contributed by atoms with van der Waals surface area (Å²) < 4.78 is 0. The molecule has 2 N–H and O–H groups in total. The van der Waals surface area contributed by atoms with Crippen LogP contribution < -0.4 is 10.2 Å². The molecule has 0 aromatic heterocycles. The molecule has 0 aliphatic carbocycles. The number of anilines is 2. The highest BCUT2D eigenvalue weighted by Crippen LogP contribution is 2.37. The lowest BCUT2D eigenvalue weighted by atomic mass is 10.0. The van der Waals surface area contributed by atoms with Crippen molar-refractivity contribution in [3.05, 3.63) is 63.7 Å². The van der Waals surface area contributed by atoms with E-state index < -0.39 is 34.8 Å². The minimum Gasteiger partial charge on any atom is -0.464 e. The van der Waals surface area contributed by atoms with Gasteiger partial charge in [0.25, 0.3) is 11.6 Å². The molecule has 2 aromatic carbocycles. The van der Waals surface area contributed by atoms with E-state index in [9.17, 15) is 34.4 Å². The summed E-state index contributed by atoms with van der Waals surface area (Å²) >= 11 is 0. The standard InChI is InChI=1S/C20H16N4O7/c25-17-9-8-16(18(26)21-17)22-10-14-13(19(22)27)2-1-3-15(14)23(20(28)29)11-4-6-12(7-5-11)24(30)31/h1-7,16H,8-10H2,(H,28,29)(H,21,25,26). The summed E-state index contributed by atoms with van der Waals surface area (Å²) in [6.07, 6.45) is -1.05. The Kier molecular flexibility index (Phi) is 4.85. The summed E-state index contributed by atoms with van der Waals surface area (Å²) in [6, 6.07) is 8.76. The van der Waals surface area contributed by atoms with E-state index in [1.807, 2.05) is 0 Å². The molecule has 11 nitrogen and oxygen atoms in total. The number of carbonyl (C=O) groups excluding carboxylic acids is 3. The van der Waals surface area contributed by atoms with Gasteiger partial charge in [0.15, 0.2) is 0 Å². The number of nitro groups is 1. The van der Waals surface area contributed by atoms with Crippen LogP contribution in [0.1, 0.15) is 28.8 Å². The summed E-state index contributed by atoms with van der Waals surface area (Å²) in [5.74, 6) is -1.40. The first-order valence-corrected chi connectivity index (χ1v) is 9.32. The zero-order valence-electron chi connectivity index (χ0n) is 16.0. The fourth-order valence-electron chi connectivity index (χ4n) is 3.85. The Bertz CT molecular complexity index is 1130. The molecule has 1 atom stereocenters. The van der Waals surface area contributed by atoms with E-state index in [-0.39, 0.29) is 42.0 Å². The second-order valence-electron chi connectivity index (χ2n) is 7.09. The maximum atomic E-state index is 12.9. The highest BCUT2D eigenvalue weighted by atomic mass is 16.6. The minimum absolute atomic E-state index is 0.00657. The van der Waals surface area contributed by atoms with Gasteiger partial charge in [-0.2, -0.15) is 0 Å². The molecule has 0 radical (unpaired) electrons. The van der Waals surface area contributed by atoms with Crippen molar-refractivity contribution in [2.45, 2.75) is 25.4 Å². The number of nitro benzene ring substituents is 1. The number of nitrogens with one attached hydrogen (secondary N) is 1. The molecule has 2 aliphatic rings. The number of benzene rings is 2. The van der Waals surface area contributed by atoms with E-state index in [0.29, 0.717) is 5.56 Å². The largest absolute Gasteiger partial charge is 0.464 e. The van der Waals surface area contributed by atoms with Gasteiger partial charge in [0.1, 0.15) is 6.04 Å². The molecular formula is C20H16N4O7. The van der Waals surface area contributed by atoms with E-state index in [4.69, 9.17) is 0 Å². The molecule has 1 unspecified atom stereocenters. The van der Waals surface area contributed by atoms with E-state index in [1.165, 1.54) is 41.3 Å². The maximum Gasteiger partial charge on any atom is 0.416 e. The second kappa shape index (κ2) is 7.52. The first-order chi connectivity index (χ1) is 14.8. The van der Waals surface area contributed by atoms with Crippen LogP contribution in [0.25, 0.3) is 0 Å². The first kappa shape index (κ1) is 20.0. The number of imide groups is 1. The van der Waals surface area contributed by atoms with Crippen molar-refractivity contribution in [2.75, 3.05) is 4.90 Å². The smallest absolute Gasteiger partial charge is 0.416 e. The molecule has 0 bridgehead atoms. The van der Waals surface area contributed by atoms with Gasteiger partial charge in [-0.15, -0.1) is 0 Å². The molecule has 4 rings (SSSR count). The Hall–Kier alpha value is -4.28. The molecule has 31 heavy (non-hydrogen) atoms. The van der Waals surface area contributed by atoms with Crippen LogP contribution in [0, 0.1) is 10.1 Å². The number of carboxylic acid groups (broad SMARTS) is 1. The van der Waals surface area contributed by atoms with Crippen LogP contribution in [-0.2, 0) is 16.1 Å². The van der Waals surface area contributed by atoms with Gasteiger partial charge in [-0.05, 0) is 30.7 Å². The molecule has 158 valence electrons. The summed E-state index contributed by atoms with van der Waals surface area (Å²) in [6.45, 7) is -0.00657. The predicted octanol–water partition coefficient (Wildman–Crippen LogP) is 2.17. The molecule has 2 aliphatic heterocycles. The average molecular weight is 424 g/mol. The number of hydrogen-bond donors (Lipinski definition) is 2. The van der Waals surface area contributed by atoms with E-state index in [2.05, 4.69) is 5.32 Å². The Morgan fingerprint density at radius 1 is 1.16 bits per heavy atom. The predicted molar refractivity (Wildman–Crippen MR) is 106 cm³/mol. The average Bonchev–Trinajstić information content (AvgIpc) is 3.06. The number of rotatable bonds is 4. The summed E-state index contributed by atoms with van der Waals surface area (Å²) in [7, 11) is 0. The Morgan fingerprint density at radius 2 is 1.87 bits per heavy atom. The number of amides is 4. The monoisotopic (exact) mass is 424 g/mol. The summed E-state index contributed by atoms with van der Waals surface area (Å²) in [5, 5.41) is 22.9.